The monoisotopic (exact) mass is 270 g/mol. The predicted octanol–water partition coefficient (Wildman–Crippen LogP) is 3.86. The van der Waals surface area contributed by atoms with Crippen LogP contribution in [0.25, 0.3) is 0 Å². The number of allylic oxidation sites excluding steroid dienone is 1. The Balaban J connectivity index is 5.01. The van der Waals surface area contributed by atoms with Crippen LogP contribution in [0.15, 0.2) is 11.6 Å². The summed E-state index contributed by atoms with van der Waals surface area (Å²) in [7, 11) is 0. The smallest absolute Gasteiger partial charge is 0.332 e. The Morgan fingerprint density at radius 2 is 1.58 bits per heavy atom. The van der Waals surface area contributed by atoms with Gasteiger partial charge in [0.15, 0.2) is 0 Å². The van der Waals surface area contributed by atoms with Crippen LogP contribution in [0.1, 0.15) is 65.7 Å². The Bertz CT molecular complexity index is 327. The number of carbonyl (C=O) groups is 2. The summed E-state index contributed by atoms with van der Waals surface area (Å²) in [5.74, 6) is -2.15. The van der Waals surface area contributed by atoms with E-state index in [0.717, 1.165) is 25.7 Å². The lowest BCUT2D eigenvalue weighted by molar-refractivity contribution is -0.150. The first-order valence-electron chi connectivity index (χ1n) is 7.13. The zero-order valence-electron chi connectivity index (χ0n) is 12.2. The third-order valence-corrected chi connectivity index (χ3v) is 3.77. The van der Waals surface area contributed by atoms with Gasteiger partial charge < -0.3 is 10.2 Å². The largest absolute Gasteiger partial charge is 0.481 e. The molecule has 2 N–H and O–H groups in total. The van der Waals surface area contributed by atoms with Gasteiger partial charge in [0.2, 0.25) is 0 Å². The number of aliphatic carboxylic acids is 2. The van der Waals surface area contributed by atoms with Crippen molar-refractivity contribution in [3.63, 3.8) is 0 Å². The first-order valence-corrected chi connectivity index (χ1v) is 7.13. The summed E-state index contributed by atoms with van der Waals surface area (Å²) >= 11 is 0. The van der Waals surface area contributed by atoms with E-state index in [0.29, 0.717) is 19.3 Å². The van der Waals surface area contributed by atoms with Crippen molar-refractivity contribution < 1.29 is 19.8 Å². The summed E-state index contributed by atoms with van der Waals surface area (Å²) in [6, 6.07) is 0. The summed E-state index contributed by atoms with van der Waals surface area (Å²) in [4.78, 5) is 22.8. The zero-order chi connectivity index (χ0) is 14.9. The molecule has 19 heavy (non-hydrogen) atoms. The molecular formula is C15H26O4. The standard InChI is InChI=1S/C15H26O4/c1-4-7-8-9-10-11-12(13(16)17)15(5-2,6-3)14(18)19/h11H,4-10H2,1-3H3,(H,16,17)(H,18,19). The second-order valence-electron chi connectivity index (χ2n) is 4.87. The minimum Gasteiger partial charge on any atom is -0.481 e. The van der Waals surface area contributed by atoms with Gasteiger partial charge in [-0.2, -0.15) is 0 Å². The van der Waals surface area contributed by atoms with E-state index in [1.807, 2.05) is 0 Å². The molecule has 0 spiro atoms. The third kappa shape index (κ3) is 4.69. The molecule has 0 heterocycles. The molecule has 110 valence electrons. The minimum absolute atomic E-state index is 0.0431. The van der Waals surface area contributed by atoms with Crippen molar-refractivity contribution in [2.24, 2.45) is 5.41 Å². The quantitative estimate of drug-likeness (QED) is 0.467. The Labute approximate surface area is 115 Å². The van der Waals surface area contributed by atoms with Crippen LogP contribution in [0.3, 0.4) is 0 Å². The van der Waals surface area contributed by atoms with Crippen molar-refractivity contribution >= 4 is 11.9 Å². The highest BCUT2D eigenvalue weighted by atomic mass is 16.4. The van der Waals surface area contributed by atoms with Gasteiger partial charge in [0.25, 0.3) is 0 Å². The molecule has 0 amide bonds. The molecular weight excluding hydrogens is 244 g/mol. The van der Waals surface area contributed by atoms with Gasteiger partial charge in [-0.1, -0.05) is 46.1 Å². The summed E-state index contributed by atoms with van der Waals surface area (Å²) in [5.41, 5.74) is -1.21. The topological polar surface area (TPSA) is 74.6 Å². The fourth-order valence-electron chi connectivity index (χ4n) is 2.35. The molecule has 0 aromatic heterocycles. The molecule has 0 aliphatic rings. The van der Waals surface area contributed by atoms with Gasteiger partial charge in [0.1, 0.15) is 0 Å². The molecule has 0 aromatic carbocycles. The maximum Gasteiger partial charge on any atom is 0.332 e. The predicted molar refractivity (Wildman–Crippen MR) is 75.1 cm³/mol. The fourth-order valence-corrected chi connectivity index (χ4v) is 2.35. The molecule has 0 fully saturated rings. The SMILES string of the molecule is CCCCCCC=C(C(=O)O)C(CC)(CC)C(=O)O. The van der Waals surface area contributed by atoms with Crippen LogP contribution in [0.4, 0.5) is 0 Å². The zero-order valence-corrected chi connectivity index (χ0v) is 12.2. The van der Waals surface area contributed by atoms with Crippen LogP contribution in [0, 0.1) is 5.41 Å². The van der Waals surface area contributed by atoms with E-state index < -0.39 is 17.4 Å². The van der Waals surface area contributed by atoms with E-state index in [-0.39, 0.29) is 5.57 Å². The van der Waals surface area contributed by atoms with Crippen molar-refractivity contribution in [3.05, 3.63) is 11.6 Å². The Hall–Kier alpha value is -1.32. The van der Waals surface area contributed by atoms with Crippen molar-refractivity contribution in [1.29, 1.82) is 0 Å². The van der Waals surface area contributed by atoms with Gasteiger partial charge in [0.05, 0.1) is 11.0 Å². The van der Waals surface area contributed by atoms with Crippen molar-refractivity contribution in [2.75, 3.05) is 0 Å². The van der Waals surface area contributed by atoms with Gasteiger partial charge in [-0.15, -0.1) is 0 Å². The third-order valence-electron chi connectivity index (χ3n) is 3.77. The van der Waals surface area contributed by atoms with Gasteiger partial charge in [0, 0.05) is 0 Å². The number of rotatable bonds is 10. The molecule has 0 atom stereocenters. The van der Waals surface area contributed by atoms with E-state index in [1.165, 1.54) is 0 Å². The molecule has 0 bridgehead atoms. The first-order chi connectivity index (χ1) is 8.96. The lowest BCUT2D eigenvalue weighted by atomic mass is 9.75. The van der Waals surface area contributed by atoms with E-state index >= 15 is 0 Å². The normalized spacial score (nSPS) is 12.5. The number of unbranched alkanes of at least 4 members (excludes halogenated alkanes) is 4. The molecule has 0 rings (SSSR count). The molecule has 4 heteroatoms. The van der Waals surface area contributed by atoms with Crippen LogP contribution in [0.5, 0.6) is 0 Å². The van der Waals surface area contributed by atoms with E-state index in [9.17, 15) is 19.8 Å². The highest BCUT2D eigenvalue weighted by Crippen LogP contribution is 2.36. The molecule has 0 aromatic rings. The Morgan fingerprint density at radius 1 is 1.00 bits per heavy atom. The number of hydrogen-bond acceptors (Lipinski definition) is 2. The molecule has 0 aliphatic heterocycles. The van der Waals surface area contributed by atoms with Crippen LogP contribution >= 0.6 is 0 Å². The molecule has 0 saturated carbocycles. The minimum atomic E-state index is -1.25. The van der Waals surface area contributed by atoms with Crippen molar-refractivity contribution in [2.45, 2.75) is 65.7 Å². The summed E-state index contributed by atoms with van der Waals surface area (Å²) in [6.45, 7) is 5.57. The fraction of sp³-hybridized carbons (Fsp3) is 0.733. The highest BCUT2D eigenvalue weighted by molar-refractivity contribution is 5.96. The van der Waals surface area contributed by atoms with Crippen LogP contribution in [0.2, 0.25) is 0 Å². The average Bonchev–Trinajstić information content (AvgIpc) is 2.37. The van der Waals surface area contributed by atoms with Crippen LogP contribution < -0.4 is 0 Å². The van der Waals surface area contributed by atoms with Crippen LogP contribution in [-0.4, -0.2) is 22.2 Å². The molecule has 4 nitrogen and oxygen atoms in total. The maximum atomic E-state index is 11.5. The lowest BCUT2D eigenvalue weighted by Gasteiger charge is -2.27. The highest BCUT2D eigenvalue weighted by Gasteiger charge is 2.41. The number of carboxylic acids is 2. The number of carboxylic acid groups (broad SMARTS) is 2. The van der Waals surface area contributed by atoms with E-state index in [1.54, 1.807) is 19.9 Å². The Morgan fingerprint density at radius 3 is 1.95 bits per heavy atom. The average molecular weight is 270 g/mol. The summed E-state index contributed by atoms with van der Waals surface area (Å²) in [6.07, 6.45) is 7.06. The van der Waals surface area contributed by atoms with Gasteiger partial charge in [-0.05, 0) is 25.7 Å². The Kier molecular flexibility index (Phi) is 8.12. The van der Waals surface area contributed by atoms with Gasteiger partial charge in [-0.25, -0.2) is 4.79 Å². The van der Waals surface area contributed by atoms with E-state index in [2.05, 4.69) is 6.92 Å². The second kappa shape index (κ2) is 8.73. The molecule has 0 saturated heterocycles. The summed E-state index contributed by atoms with van der Waals surface area (Å²) in [5, 5.41) is 18.7. The van der Waals surface area contributed by atoms with Crippen LogP contribution in [-0.2, 0) is 9.59 Å². The van der Waals surface area contributed by atoms with Crippen molar-refractivity contribution in [3.8, 4) is 0 Å². The number of hydrogen-bond donors (Lipinski definition) is 2. The van der Waals surface area contributed by atoms with E-state index in [4.69, 9.17) is 0 Å². The maximum absolute atomic E-state index is 11.5. The molecule has 0 aliphatic carbocycles. The van der Waals surface area contributed by atoms with Gasteiger partial charge in [-0.3, -0.25) is 4.79 Å². The summed E-state index contributed by atoms with van der Waals surface area (Å²) < 4.78 is 0. The van der Waals surface area contributed by atoms with Gasteiger partial charge >= 0.3 is 11.9 Å². The second-order valence-corrected chi connectivity index (χ2v) is 4.87. The molecule has 0 radical (unpaired) electrons. The van der Waals surface area contributed by atoms with Crippen molar-refractivity contribution in [1.82, 2.24) is 0 Å². The molecule has 0 unspecified atom stereocenters. The first kappa shape index (κ1) is 17.7. The lowest BCUT2D eigenvalue weighted by Crippen LogP contribution is -2.35.